The molecule has 1 aromatic heterocycles. The van der Waals surface area contributed by atoms with E-state index >= 15 is 0 Å². The highest BCUT2D eigenvalue weighted by Gasteiger charge is 2.40. The first-order valence-electron chi connectivity index (χ1n) is 9.15. The van der Waals surface area contributed by atoms with Crippen LogP contribution in [0, 0.1) is 19.8 Å². The Hall–Kier alpha value is -1.89. The van der Waals surface area contributed by atoms with Crippen molar-refractivity contribution in [1.82, 2.24) is 14.8 Å². The number of hydrogen-bond donors (Lipinski definition) is 1. The standard InChI is InChI=1S/C18H27N3O4/c1-12-17(25-13(2)19-12)18(24)20-9-7-15-14(11-20)5-6-16(23)21(15)8-3-4-10-22/h14-15,22H,3-11H2,1-2H3. The molecule has 3 rings (SSSR count). The van der Waals surface area contributed by atoms with Gasteiger partial charge < -0.3 is 19.3 Å². The lowest BCUT2D eigenvalue weighted by molar-refractivity contribution is -0.140. The van der Waals surface area contributed by atoms with Gasteiger partial charge >= 0.3 is 0 Å². The number of aryl methyl sites for hydroxylation is 2. The number of piperidine rings is 2. The number of aliphatic hydroxyl groups is 1. The summed E-state index contributed by atoms with van der Waals surface area (Å²) in [6.45, 7) is 5.68. The lowest BCUT2D eigenvalue weighted by Gasteiger charge is -2.47. The average Bonchev–Trinajstić information content (AvgIpc) is 2.94. The van der Waals surface area contributed by atoms with Crippen molar-refractivity contribution in [3.05, 3.63) is 17.3 Å². The number of aliphatic hydroxyl groups excluding tert-OH is 1. The number of unbranched alkanes of at least 4 members (excludes halogenated alkanes) is 1. The Labute approximate surface area is 148 Å². The topological polar surface area (TPSA) is 86.9 Å². The predicted octanol–water partition coefficient (Wildman–Crippen LogP) is 1.52. The molecule has 25 heavy (non-hydrogen) atoms. The fraction of sp³-hybridized carbons (Fsp3) is 0.722. The third kappa shape index (κ3) is 3.71. The van der Waals surface area contributed by atoms with Crippen LogP contribution in [0.25, 0.3) is 0 Å². The molecule has 0 spiro atoms. The Morgan fingerprint density at radius 3 is 2.80 bits per heavy atom. The molecule has 2 aliphatic rings. The van der Waals surface area contributed by atoms with Crippen molar-refractivity contribution in [3.63, 3.8) is 0 Å². The van der Waals surface area contributed by atoms with Crippen LogP contribution < -0.4 is 0 Å². The summed E-state index contributed by atoms with van der Waals surface area (Å²) in [5, 5.41) is 8.96. The van der Waals surface area contributed by atoms with E-state index in [4.69, 9.17) is 9.52 Å². The number of nitrogens with zero attached hydrogens (tertiary/aromatic N) is 3. The van der Waals surface area contributed by atoms with Gasteiger partial charge in [0.05, 0.1) is 5.69 Å². The Morgan fingerprint density at radius 1 is 1.32 bits per heavy atom. The van der Waals surface area contributed by atoms with Crippen LogP contribution in [0.4, 0.5) is 0 Å². The van der Waals surface area contributed by atoms with Gasteiger partial charge in [0.15, 0.2) is 5.89 Å². The first kappa shape index (κ1) is 17.9. The normalized spacial score (nSPS) is 23.7. The first-order chi connectivity index (χ1) is 12.0. The number of aromatic nitrogens is 1. The quantitative estimate of drug-likeness (QED) is 0.815. The van der Waals surface area contributed by atoms with Crippen LogP contribution >= 0.6 is 0 Å². The molecule has 0 radical (unpaired) electrons. The Kier molecular flexibility index (Phi) is 5.42. The first-order valence-corrected chi connectivity index (χ1v) is 9.15. The molecule has 2 saturated heterocycles. The molecular formula is C18H27N3O4. The van der Waals surface area contributed by atoms with E-state index < -0.39 is 0 Å². The summed E-state index contributed by atoms with van der Waals surface area (Å²) in [5.74, 6) is 1.27. The van der Waals surface area contributed by atoms with E-state index in [0.29, 0.717) is 49.3 Å². The number of fused-ring (bicyclic) bond motifs is 1. The molecular weight excluding hydrogens is 322 g/mol. The lowest BCUT2D eigenvalue weighted by atomic mass is 9.83. The maximum atomic E-state index is 12.7. The van der Waals surface area contributed by atoms with Crippen molar-refractivity contribution in [1.29, 1.82) is 0 Å². The Morgan fingerprint density at radius 2 is 2.12 bits per heavy atom. The highest BCUT2D eigenvalue weighted by atomic mass is 16.4. The van der Waals surface area contributed by atoms with Crippen molar-refractivity contribution < 1.29 is 19.1 Å². The zero-order valence-electron chi connectivity index (χ0n) is 15.0. The van der Waals surface area contributed by atoms with Crippen LogP contribution in [-0.2, 0) is 4.79 Å². The number of likely N-dealkylation sites (tertiary alicyclic amines) is 2. The van der Waals surface area contributed by atoms with Gasteiger partial charge in [0, 0.05) is 45.6 Å². The molecule has 2 unspecified atom stereocenters. The lowest BCUT2D eigenvalue weighted by Crippen LogP contribution is -2.57. The molecule has 2 aliphatic heterocycles. The highest BCUT2D eigenvalue weighted by Crippen LogP contribution is 2.32. The van der Waals surface area contributed by atoms with Crippen LogP contribution in [-0.4, -0.2) is 64.0 Å². The van der Waals surface area contributed by atoms with Crippen LogP contribution in [0.15, 0.2) is 4.42 Å². The molecule has 2 atom stereocenters. The average molecular weight is 349 g/mol. The van der Waals surface area contributed by atoms with Crippen LogP contribution in [0.2, 0.25) is 0 Å². The molecule has 0 bridgehead atoms. The van der Waals surface area contributed by atoms with Crippen molar-refractivity contribution >= 4 is 11.8 Å². The third-order valence-electron chi connectivity index (χ3n) is 5.34. The summed E-state index contributed by atoms with van der Waals surface area (Å²) in [6, 6.07) is 0.210. The monoisotopic (exact) mass is 349 g/mol. The van der Waals surface area contributed by atoms with Gasteiger partial charge in [-0.25, -0.2) is 4.98 Å². The van der Waals surface area contributed by atoms with E-state index in [0.717, 1.165) is 25.7 Å². The number of carbonyl (C=O) groups is 2. The van der Waals surface area contributed by atoms with E-state index in [1.165, 1.54) is 0 Å². The maximum Gasteiger partial charge on any atom is 0.291 e. The van der Waals surface area contributed by atoms with Gasteiger partial charge in [-0.1, -0.05) is 0 Å². The fourth-order valence-electron chi connectivity index (χ4n) is 4.09. The van der Waals surface area contributed by atoms with Crippen molar-refractivity contribution in [2.75, 3.05) is 26.2 Å². The van der Waals surface area contributed by atoms with Gasteiger partial charge in [-0.15, -0.1) is 0 Å². The second-order valence-electron chi connectivity index (χ2n) is 7.07. The number of amides is 2. The summed E-state index contributed by atoms with van der Waals surface area (Å²) < 4.78 is 5.48. The number of hydrogen-bond acceptors (Lipinski definition) is 5. The van der Waals surface area contributed by atoms with E-state index in [1.807, 2.05) is 9.80 Å². The maximum absolute atomic E-state index is 12.7. The second kappa shape index (κ2) is 7.56. The van der Waals surface area contributed by atoms with Crippen molar-refractivity contribution in [3.8, 4) is 0 Å². The van der Waals surface area contributed by atoms with E-state index in [-0.39, 0.29) is 24.5 Å². The Balaban J connectivity index is 1.66. The highest BCUT2D eigenvalue weighted by molar-refractivity contribution is 5.92. The summed E-state index contributed by atoms with van der Waals surface area (Å²) in [7, 11) is 0. The van der Waals surface area contributed by atoms with E-state index in [9.17, 15) is 9.59 Å². The van der Waals surface area contributed by atoms with Crippen LogP contribution in [0.1, 0.15) is 54.2 Å². The molecule has 1 N–H and O–H groups in total. The molecule has 0 saturated carbocycles. The Bertz CT molecular complexity index is 642. The summed E-state index contributed by atoms with van der Waals surface area (Å²) in [5.41, 5.74) is 0.633. The molecule has 2 fully saturated rings. The van der Waals surface area contributed by atoms with Crippen molar-refractivity contribution in [2.24, 2.45) is 5.92 Å². The van der Waals surface area contributed by atoms with Gasteiger partial charge in [-0.05, 0) is 38.5 Å². The minimum Gasteiger partial charge on any atom is -0.436 e. The number of carbonyl (C=O) groups excluding carboxylic acids is 2. The van der Waals surface area contributed by atoms with Gasteiger partial charge in [0.1, 0.15) is 0 Å². The molecule has 138 valence electrons. The molecule has 1 aromatic rings. The minimum atomic E-state index is -0.0970. The summed E-state index contributed by atoms with van der Waals surface area (Å²) >= 11 is 0. The number of oxazole rings is 1. The molecule has 2 amide bonds. The molecule has 3 heterocycles. The molecule has 7 heteroatoms. The number of rotatable bonds is 5. The second-order valence-corrected chi connectivity index (χ2v) is 7.07. The largest absolute Gasteiger partial charge is 0.436 e. The molecule has 0 aromatic carbocycles. The van der Waals surface area contributed by atoms with E-state index in [1.54, 1.807) is 13.8 Å². The van der Waals surface area contributed by atoms with Crippen LogP contribution in [0.3, 0.4) is 0 Å². The third-order valence-corrected chi connectivity index (χ3v) is 5.34. The zero-order valence-corrected chi connectivity index (χ0v) is 15.0. The fourth-order valence-corrected chi connectivity index (χ4v) is 4.09. The van der Waals surface area contributed by atoms with Gasteiger partial charge in [-0.2, -0.15) is 0 Å². The summed E-state index contributed by atoms with van der Waals surface area (Å²) in [6.07, 6.45) is 3.72. The molecule has 0 aliphatic carbocycles. The predicted molar refractivity (Wildman–Crippen MR) is 91.0 cm³/mol. The summed E-state index contributed by atoms with van der Waals surface area (Å²) in [4.78, 5) is 33.0. The van der Waals surface area contributed by atoms with Gasteiger partial charge in [-0.3, -0.25) is 9.59 Å². The minimum absolute atomic E-state index is 0.0970. The van der Waals surface area contributed by atoms with Gasteiger partial charge in [0.25, 0.3) is 5.91 Å². The SMILES string of the molecule is Cc1nc(C)c(C(=O)N2CCC3C(CCC(=O)N3CCCCO)C2)o1. The van der Waals surface area contributed by atoms with Gasteiger partial charge in [0.2, 0.25) is 11.7 Å². The smallest absolute Gasteiger partial charge is 0.291 e. The molecule has 7 nitrogen and oxygen atoms in total. The van der Waals surface area contributed by atoms with E-state index in [2.05, 4.69) is 4.98 Å². The van der Waals surface area contributed by atoms with Crippen LogP contribution in [0.5, 0.6) is 0 Å². The zero-order chi connectivity index (χ0) is 18.0. The van der Waals surface area contributed by atoms with Crippen molar-refractivity contribution in [2.45, 2.75) is 52.0 Å².